The number of nitrogens with zero attached hydrogens (tertiary/aromatic N) is 1. The number of carbonyl (C=O) groups excluding carboxylic acids is 1. The SMILES string of the molecule is O=C(c1ccc(-c2ccccc2)[nH]c1=O)N1CCC[C@H](CCc2ccc(F)cc2)C1. The third kappa shape index (κ3) is 4.67. The zero-order chi connectivity index (χ0) is 20.9. The molecule has 0 saturated carbocycles. The van der Waals surface area contributed by atoms with Crippen LogP contribution < -0.4 is 5.56 Å². The molecule has 1 aromatic heterocycles. The van der Waals surface area contributed by atoms with Crippen molar-refractivity contribution in [3.05, 3.63) is 94.0 Å². The van der Waals surface area contributed by atoms with Gasteiger partial charge in [-0.05, 0) is 67.0 Å². The first kappa shape index (κ1) is 20.1. The minimum absolute atomic E-state index is 0.189. The Morgan fingerprint density at radius 2 is 1.80 bits per heavy atom. The van der Waals surface area contributed by atoms with E-state index >= 15 is 0 Å². The zero-order valence-corrected chi connectivity index (χ0v) is 16.8. The molecule has 0 unspecified atom stereocenters. The van der Waals surface area contributed by atoms with Crippen molar-refractivity contribution in [3.8, 4) is 11.3 Å². The van der Waals surface area contributed by atoms with Crippen LogP contribution in [0.5, 0.6) is 0 Å². The second kappa shape index (κ2) is 9.08. The standard InChI is InChI=1S/C25H25FN2O2/c26-21-12-10-18(11-13-21)8-9-19-5-4-16-28(17-19)25(30)22-14-15-23(27-24(22)29)20-6-2-1-3-7-20/h1-3,6-7,10-15,19H,4-5,8-9,16-17H2,(H,27,29)/t19-/m1/s1. The average Bonchev–Trinajstić information content (AvgIpc) is 2.79. The maximum Gasteiger partial charge on any atom is 0.261 e. The molecule has 1 aliphatic heterocycles. The topological polar surface area (TPSA) is 53.2 Å². The molecule has 4 nitrogen and oxygen atoms in total. The van der Waals surface area contributed by atoms with E-state index in [0.717, 1.165) is 36.8 Å². The van der Waals surface area contributed by atoms with Crippen molar-refractivity contribution in [1.82, 2.24) is 9.88 Å². The molecule has 1 fully saturated rings. The van der Waals surface area contributed by atoms with E-state index in [1.807, 2.05) is 42.5 Å². The predicted octanol–water partition coefficient (Wildman–Crippen LogP) is 4.67. The number of nitrogens with one attached hydrogen (secondary N) is 1. The Balaban J connectivity index is 1.41. The van der Waals surface area contributed by atoms with Crippen molar-refractivity contribution in [3.63, 3.8) is 0 Å². The summed E-state index contributed by atoms with van der Waals surface area (Å²) in [4.78, 5) is 30.2. The number of aromatic nitrogens is 1. The van der Waals surface area contributed by atoms with Gasteiger partial charge in [0.1, 0.15) is 11.4 Å². The van der Waals surface area contributed by atoms with Crippen LogP contribution in [-0.2, 0) is 6.42 Å². The number of hydrogen-bond acceptors (Lipinski definition) is 2. The predicted molar refractivity (Wildman–Crippen MR) is 116 cm³/mol. The molecule has 30 heavy (non-hydrogen) atoms. The minimum atomic E-state index is -0.352. The third-order valence-corrected chi connectivity index (χ3v) is 5.79. The maximum absolute atomic E-state index is 13.1. The normalized spacial score (nSPS) is 16.4. The second-order valence-corrected chi connectivity index (χ2v) is 7.91. The first-order valence-corrected chi connectivity index (χ1v) is 10.4. The highest BCUT2D eigenvalue weighted by molar-refractivity contribution is 5.94. The van der Waals surface area contributed by atoms with Crippen molar-refractivity contribution in [2.24, 2.45) is 5.92 Å². The minimum Gasteiger partial charge on any atom is -0.338 e. The molecular weight excluding hydrogens is 379 g/mol. The van der Waals surface area contributed by atoms with Gasteiger partial charge in [0, 0.05) is 18.8 Å². The van der Waals surface area contributed by atoms with Gasteiger partial charge >= 0.3 is 0 Å². The number of aromatic amines is 1. The Morgan fingerprint density at radius 3 is 2.53 bits per heavy atom. The number of rotatable bonds is 5. The van der Waals surface area contributed by atoms with Crippen molar-refractivity contribution >= 4 is 5.91 Å². The van der Waals surface area contributed by atoms with E-state index in [4.69, 9.17) is 0 Å². The van der Waals surface area contributed by atoms with Crippen molar-refractivity contribution in [1.29, 1.82) is 0 Å². The first-order valence-electron chi connectivity index (χ1n) is 10.4. The Hall–Kier alpha value is -3.21. The van der Waals surface area contributed by atoms with Crippen LogP contribution in [-0.4, -0.2) is 28.9 Å². The highest BCUT2D eigenvalue weighted by Gasteiger charge is 2.26. The molecule has 5 heteroatoms. The van der Waals surface area contributed by atoms with Gasteiger partial charge < -0.3 is 9.88 Å². The molecule has 1 amide bonds. The third-order valence-electron chi connectivity index (χ3n) is 5.79. The number of carbonyl (C=O) groups is 1. The lowest BCUT2D eigenvalue weighted by molar-refractivity contribution is 0.0666. The molecule has 2 heterocycles. The van der Waals surface area contributed by atoms with Gasteiger partial charge in [-0.1, -0.05) is 42.5 Å². The Labute approximate surface area is 175 Å². The lowest BCUT2D eigenvalue weighted by Crippen LogP contribution is -2.42. The molecule has 1 N–H and O–H groups in total. The summed E-state index contributed by atoms with van der Waals surface area (Å²) in [6, 6.07) is 19.6. The molecule has 1 aliphatic rings. The van der Waals surface area contributed by atoms with Gasteiger partial charge in [-0.25, -0.2) is 4.39 Å². The van der Waals surface area contributed by atoms with Crippen LogP contribution in [0.25, 0.3) is 11.3 Å². The maximum atomic E-state index is 13.1. The molecule has 1 atom stereocenters. The molecule has 0 aliphatic carbocycles. The first-order chi connectivity index (χ1) is 14.6. The number of H-pyrrole nitrogens is 1. The fourth-order valence-electron chi connectivity index (χ4n) is 4.11. The van der Waals surface area contributed by atoms with Gasteiger partial charge in [0.05, 0.1) is 0 Å². The highest BCUT2D eigenvalue weighted by Crippen LogP contribution is 2.23. The summed E-state index contributed by atoms with van der Waals surface area (Å²) >= 11 is 0. The Morgan fingerprint density at radius 1 is 1.03 bits per heavy atom. The zero-order valence-electron chi connectivity index (χ0n) is 16.8. The highest BCUT2D eigenvalue weighted by atomic mass is 19.1. The number of halogens is 1. The molecule has 0 bridgehead atoms. The van der Waals surface area contributed by atoms with Crippen LogP contribution in [0.3, 0.4) is 0 Å². The molecule has 4 rings (SSSR count). The summed E-state index contributed by atoms with van der Waals surface area (Å²) in [6.07, 6.45) is 3.80. The van der Waals surface area contributed by atoms with E-state index in [1.165, 1.54) is 12.1 Å². The van der Waals surface area contributed by atoms with Gasteiger partial charge in [0.15, 0.2) is 0 Å². The fourth-order valence-corrected chi connectivity index (χ4v) is 4.11. The number of aryl methyl sites for hydroxylation is 1. The summed E-state index contributed by atoms with van der Waals surface area (Å²) < 4.78 is 13.1. The summed E-state index contributed by atoms with van der Waals surface area (Å²) in [7, 11) is 0. The average molecular weight is 404 g/mol. The van der Waals surface area contributed by atoms with Gasteiger partial charge in [-0.3, -0.25) is 9.59 Å². The van der Waals surface area contributed by atoms with E-state index in [2.05, 4.69) is 4.98 Å². The van der Waals surface area contributed by atoms with Gasteiger partial charge in [-0.2, -0.15) is 0 Å². The Kier molecular flexibility index (Phi) is 6.07. The lowest BCUT2D eigenvalue weighted by Gasteiger charge is -2.32. The van der Waals surface area contributed by atoms with Crippen LogP contribution in [0.15, 0.2) is 71.5 Å². The summed E-state index contributed by atoms with van der Waals surface area (Å²) in [5.74, 6) is -0.0468. The molecule has 2 aromatic carbocycles. The van der Waals surface area contributed by atoms with Crippen molar-refractivity contribution in [2.45, 2.75) is 25.7 Å². The van der Waals surface area contributed by atoms with Crippen LogP contribution in [0, 0.1) is 11.7 Å². The van der Waals surface area contributed by atoms with Crippen LogP contribution in [0.2, 0.25) is 0 Å². The van der Waals surface area contributed by atoms with E-state index in [9.17, 15) is 14.0 Å². The van der Waals surface area contributed by atoms with E-state index in [0.29, 0.717) is 24.7 Å². The number of pyridine rings is 1. The van der Waals surface area contributed by atoms with Crippen molar-refractivity contribution < 1.29 is 9.18 Å². The molecule has 3 aromatic rings. The number of hydrogen-bond donors (Lipinski definition) is 1. The quantitative estimate of drug-likeness (QED) is 0.672. The molecule has 154 valence electrons. The Bertz CT molecular complexity index is 1060. The van der Waals surface area contributed by atoms with Gasteiger partial charge in [0.25, 0.3) is 11.5 Å². The van der Waals surface area contributed by atoms with Crippen molar-refractivity contribution in [2.75, 3.05) is 13.1 Å². The molecule has 1 saturated heterocycles. The summed E-state index contributed by atoms with van der Waals surface area (Å²) in [6.45, 7) is 1.33. The second-order valence-electron chi connectivity index (χ2n) is 7.91. The lowest BCUT2D eigenvalue weighted by atomic mass is 9.91. The molecule has 0 radical (unpaired) electrons. The van der Waals surface area contributed by atoms with Crippen LogP contribution >= 0.6 is 0 Å². The van der Waals surface area contributed by atoms with Crippen LogP contribution in [0.1, 0.15) is 35.2 Å². The van der Waals surface area contributed by atoms with Gasteiger partial charge in [0.2, 0.25) is 0 Å². The molecular formula is C25H25FN2O2. The van der Waals surface area contributed by atoms with E-state index in [1.54, 1.807) is 17.0 Å². The number of amides is 1. The fraction of sp³-hybridized carbons (Fsp3) is 0.280. The summed E-state index contributed by atoms with van der Waals surface area (Å²) in [5, 5.41) is 0. The van der Waals surface area contributed by atoms with Gasteiger partial charge in [-0.15, -0.1) is 0 Å². The smallest absolute Gasteiger partial charge is 0.261 e. The van der Waals surface area contributed by atoms with E-state index in [-0.39, 0.29) is 22.8 Å². The largest absolute Gasteiger partial charge is 0.338 e. The number of piperidine rings is 1. The number of benzene rings is 2. The number of likely N-dealkylation sites (tertiary alicyclic amines) is 1. The summed E-state index contributed by atoms with van der Waals surface area (Å²) in [5.41, 5.74) is 2.55. The van der Waals surface area contributed by atoms with E-state index < -0.39 is 0 Å². The monoisotopic (exact) mass is 404 g/mol. The van der Waals surface area contributed by atoms with Crippen LogP contribution in [0.4, 0.5) is 4.39 Å². The molecule has 0 spiro atoms.